The lowest BCUT2D eigenvalue weighted by Gasteiger charge is -2.10. The van der Waals surface area contributed by atoms with Crippen LogP contribution in [0.4, 0.5) is 0 Å². The highest BCUT2D eigenvalue weighted by Crippen LogP contribution is 2.34. The van der Waals surface area contributed by atoms with Crippen molar-refractivity contribution in [1.29, 1.82) is 0 Å². The zero-order chi connectivity index (χ0) is 17.8. The third kappa shape index (κ3) is 3.30. The number of nitrogens with zero attached hydrogens (tertiary/aromatic N) is 2. The van der Waals surface area contributed by atoms with Crippen LogP contribution in [0.5, 0.6) is 0 Å². The monoisotopic (exact) mass is 359 g/mol. The van der Waals surface area contributed by atoms with Gasteiger partial charge in [-0.3, -0.25) is 9.78 Å². The Morgan fingerprint density at radius 2 is 1.85 bits per heavy atom. The van der Waals surface area contributed by atoms with Gasteiger partial charge in [0.2, 0.25) is 0 Å². The minimum absolute atomic E-state index is 0.0789. The van der Waals surface area contributed by atoms with E-state index in [-0.39, 0.29) is 5.91 Å². The highest BCUT2D eigenvalue weighted by molar-refractivity contribution is 7.13. The van der Waals surface area contributed by atoms with E-state index in [4.69, 9.17) is 0 Å². The molecular weight excluding hydrogens is 342 g/mol. The maximum absolute atomic E-state index is 12.8. The summed E-state index contributed by atoms with van der Waals surface area (Å²) >= 11 is 1.46. The van der Waals surface area contributed by atoms with E-state index in [1.54, 1.807) is 12.4 Å². The molecule has 0 spiro atoms. The van der Waals surface area contributed by atoms with Crippen molar-refractivity contribution in [3.8, 4) is 16.8 Å². The highest BCUT2D eigenvalue weighted by atomic mass is 32.1. The van der Waals surface area contributed by atoms with Crippen molar-refractivity contribution in [3.05, 3.63) is 95.2 Å². The lowest BCUT2D eigenvalue weighted by Crippen LogP contribution is -2.23. The fraction of sp³-hybridized carbons (Fsp3) is 0.0476. The van der Waals surface area contributed by atoms with Gasteiger partial charge in [0.1, 0.15) is 4.88 Å². The van der Waals surface area contributed by atoms with E-state index in [2.05, 4.69) is 22.4 Å². The van der Waals surface area contributed by atoms with Crippen molar-refractivity contribution in [2.75, 3.05) is 0 Å². The standard InChI is InChI=1S/C21H17N3OS/c25-21(23-14-16-7-6-10-22-13-16)20-19(24-11-4-5-12-24)18(15-26-20)17-8-2-1-3-9-17/h1-13,15H,14H2,(H,23,25). The SMILES string of the molecule is O=C(NCc1cccnc1)c1scc(-c2ccccc2)c1-n1cccc1. The third-order valence-corrected chi connectivity index (χ3v) is 5.06. The van der Waals surface area contributed by atoms with Crippen LogP contribution in [0.1, 0.15) is 15.2 Å². The summed E-state index contributed by atoms with van der Waals surface area (Å²) in [4.78, 5) is 17.6. The Morgan fingerprint density at radius 3 is 2.58 bits per heavy atom. The van der Waals surface area contributed by atoms with Gasteiger partial charge in [-0.05, 0) is 29.3 Å². The Morgan fingerprint density at radius 1 is 1.04 bits per heavy atom. The van der Waals surface area contributed by atoms with Gasteiger partial charge >= 0.3 is 0 Å². The van der Waals surface area contributed by atoms with Gasteiger partial charge in [0.05, 0.1) is 5.69 Å². The molecule has 26 heavy (non-hydrogen) atoms. The molecular formula is C21H17N3OS. The van der Waals surface area contributed by atoms with Gasteiger partial charge in [-0.1, -0.05) is 36.4 Å². The first-order valence-corrected chi connectivity index (χ1v) is 9.18. The van der Waals surface area contributed by atoms with Crippen LogP contribution >= 0.6 is 11.3 Å². The maximum atomic E-state index is 12.8. The third-order valence-electron chi connectivity index (χ3n) is 4.09. The molecule has 0 unspecified atom stereocenters. The zero-order valence-corrected chi connectivity index (χ0v) is 14.8. The summed E-state index contributed by atoms with van der Waals surface area (Å²) in [5.74, 6) is -0.0789. The summed E-state index contributed by atoms with van der Waals surface area (Å²) in [6.45, 7) is 0.455. The van der Waals surface area contributed by atoms with Crippen LogP contribution in [-0.4, -0.2) is 15.5 Å². The number of benzene rings is 1. The van der Waals surface area contributed by atoms with Crippen molar-refractivity contribution >= 4 is 17.2 Å². The fourth-order valence-electron chi connectivity index (χ4n) is 2.84. The molecule has 1 N–H and O–H groups in total. The van der Waals surface area contributed by atoms with Crippen LogP contribution in [-0.2, 0) is 6.54 Å². The van der Waals surface area contributed by atoms with E-state index in [9.17, 15) is 4.79 Å². The number of rotatable bonds is 5. The predicted octanol–water partition coefficient (Wildman–Crippen LogP) is 4.53. The quantitative estimate of drug-likeness (QED) is 0.569. The minimum atomic E-state index is -0.0789. The predicted molar refractivity (Wildman–Crippen MR) is 104 cm³/mol. The van der Waals surface area contributed by atoms with E-state index in [1.165, 1.54) is 11.3 Å². The number of hydrogen-bond acceptors (Lipinski definition) is 3. The number of thiophene rings is 1. The molecule has 0 saturated heterocycles. The second-order valence-corrected chi connectivity index (χ2v) is 6.71. The number of carbonyl (C=O) groups excluding carboxylic acids is 1. The van der Waals surface area contributed by atoms with Gasteiger partial charge in [0, 0.05) is 42.3 Å². The molecule has 4 rings (SSSR count). The number of carbonyl (C=O) groups is 1. The van der Waals surface area contributed by atoms with E-state index in [0.717, 1.165) is 22.4 Å². The fourth-order valence-corrected chi connectivity index (χ4v) is 3.83. The zero-order valence-electron chi connectivity index (χ0n) is 14.0. The Bertz CT molecular complexity index is 992. The summed E-state index contributed by atoms with van der Waals surface area (Å²) in [7, 11) is 0. The molecule has 1 aromatic carbocycles. The highest BCUT2D eigenvalue weighted by Gasteiger charge is 2.20. The summed E-state index contributed by atoms with van der Waals surface area (Å²) in [5, 5.41) is 5.05. The van der Waals surface area contributed by atoms with Crippen molar-refractivity contribution in [2.24, 2.45) is 0 Å². The Labute approximate surface area is 155 Å². The summed E-state index contributed by atoms with van der Waals surface area (Å²) in [6.07, 6.45) is 7.41. The molecule has 4 aromatic rings. The molecule has 0 atom stereocenters. The number of hydrogen-bond donors (Lipinski definition) is 1. The van der Waals surface area contributed by atoms with Gasteiger partial charge in [0.25, 0.3) is 5.91 Å². The number of nitrogens with one attached hydrogen (secondary N) is 1. The van der Waals surface area contributed by atoms with E-state index in [1.807, 2.05) is 64.8 Å². The van der Waals surface area contributed by atoms with Crippen molar-refractivity contribution < 1.29 is 4.79 Å². The second-order valence-electron chi connectivity index (χ2n) is 5.83. The molecule has 0 aliphatic rings. The van der Waals surface area contributed by atoms with Crippen LogP contribution < -0.4 is 5.32 Å². The van der Waals surface area contributed by atoms with Crippen LogP contribution in [0.3, 0.4) is 0 Å². The molecule has 5 heteroatoms. The Balaban J connectivity index is 1.68. The summed E-state index contributed by atoms with van der Waals surface area (Å²) in [5.41, 5.74) is 4.04. The molecule has 3 heterocycles. The first kappa shape index (κ1) is 16.3. The maximum Gasteiger partial charge on any atom is 0.263 e. The van der Waals surface area contributed by atoms with E-state index >= 15 is 0 Å². The molecule has 4 nitrogen and oxygen atoms in total. The first-order valence-electron chi connectivity index (χ1n) is 8.30. The molecule has 0 bridgehead atoms. The molecule has 0 fully saturated rings. The van der Waals surface area contributed by atoms with E-state index in [0.29, 0.717) is 11.4 Å². The van der Waals surface area contributed by atoms with Gasteiger partial charge < -0.3 is 9.88 Å². The number of pyridine rings is 1. The average molecular weight is 359 g/mol. The number of amides is 1. The van der Waals surface area contributed by atoms with E-state index < -0.39 is 0 Å². The smallest absolute Gasteiger partial charge is 0.263 e. The van der Waals surface area contributed by atoms with Crippen molar-refractivity contribution in [3.63, 3.8) is 0 Å². The molecule has 0 saturated carbocycles. The average Bonchev–Trinajstić information content (AvgIpc) is 3.37. The van der Waals surface area contributed by atoms with Gasteiger partial charge in [-0.2, -0.15) is 0 Å². The van der Waals surface area contributed by atoms with Crippen molar-refractivity contribution in [2.45, 2.75) is 6.54 Å². The summed E-state index contributed by atoms with van der Waals surface area (Å²) in [6, 6.07) is 17.9. The normalized spacial score (nSPS) is 10.6. The second kappa shape index (κ2) is 7.37. The van der Waals surface area contributed by atoms with Crippen LogP contribution in [0.2, 0.25) is 0 Å². The Hall–Kier alpha value is -3.18. The van der Waals surface area contributed by atoms with Crippen LogP contribution in [0, 0.1) is 0 Å². The minimum Gasteiger partial charge on any atom is -0.347 e. The molecule has 128 valence electrons. The van der Waals surface area contributed by atoms with Crippen LogP contribution in [0.25, 0.3) is 16.8 Å². The van der Waals surface area contributed by atoms with Gasteiger partial charge in [0.15, 0.2) is 0 Å². The molecule has 3 aromatic heterocycles. The van der Waals surface area contributed by atoms with Gasteiger partial charge in [-0.25, -0.2) is 0 Å². The first-order chi connectivity index (χ1) is 12.8. The lowest BCUT2D eigenvalue weighted by molar-refractivity contribution is 0.0955. The van der Waals surface area contributed by atoms with Crippen molar-refractivity contribution in [1.82, 2.24) is 14.9 Å². The number of aromatic nitrogens is 2. The lowest BCUT2D eigenvalue weighted by atomic mass is 10.1. The molecule has 0 radical (unpaired) electrons. The summed E-state index contributed by atoms with van der Waals surface area (Å²) < 4.78 is 2.00. The molecule has 1 amide bonds. The topological polar surface area (TPSA) is 46.9 Å². The Kier molecular flexibility index (Phi) is 4.62. The van der Waals surface area contributed by atoms with Gasteiger partial charge in [-0.15, -0.1) is 11.3 Å². The van der Waals surface area contributed by atoms with Crippen LogP contribution in [0.15, 0.2) is 84.8 Å². The molecule has 0 aliphatic heterocycles. The molecule has 0 aliphatic carbocycles. The largest absolute Gasteiger partial charge is 0.347 e.